The van der Waals surface area contributed by atoms with Crippen LogP contribution in [0.1, 0.15) is 35.8 Å². The molecule has 0 radical (unpaired) electrons. The minimum absolute atomic E-state index is 0.0453. The largest absolute Gasteiger partial charge is 0.361 e. The number of carbonyl (C=O) groups is 1. The van der Waals surface area contributed by atoms with Crippen molar-refractivity contribution in [3.8, 4) is 0 Å². The van der Waals surface area contributed by atoms with Crippen molar-refractivity contribution in [3.05, 3.63) is 60.3 Å². The molecule has 0 N–H and O–H groups in total. The molecule has 0 aromatic carbocycles. The Balaban J connectivity index is 1.68. The van der Waals surface area contributed by atoms with Gasteiger partial charge in [0, 0.05) is 57.4 Å². The maximum absolute atomic E-state index is 12.9. The van der Waals surface area contributed by atoms with E-state index in [0.29, 0.717) is 12.1 Å². The van der Waals surface area contributed by atoms with Gasteiger partial charge in [0.2, 0.25) is 0 Å². The highest BCUT2D eigenvalue weighted by Gasteiger charge is 2.37. The SMILES string of the molecule is CN(C)c1nc(C2(C)CCCN(C(=O)c3cccnc3)C2)cn2cccc12. The Morgan fingerprint density at radius 3 is 2.85 bits per heavy atom. The van der Waals surface area contributed by atoms with Crippen LogP contribution in [0.2, 0.25) is 0 Å². The van der Waals surface area contributed by atoms with Crippen LogP contribution in [0.3, 0.4) is 0 Å². The summed E-state index contributed by atoms with van der Waals surface area (Å²) >= 11 is 0. The van der Waals surface area contributed by atoms with Crippen LogP contribution in [0, 0.1) is 0 Å². The molecule has 4 rings (SSSR count). The Kier molecular flexibility index (Phi) is 4.34. The molecule has 6 heteroatoms. The number of likely N-dealkylation sites (tertiary alicyclic amines) is 1. The van der Waals surface area contributed by atoms with Gasteiger partial charge < -0.3 is 14.2 Å². The average Bonchev–Trinajstić information content (AvgIpc) is 3.16. The zero-order valence-corrected chi connectivity index (χ0v) is 16.1. The molecule has 0 bridgehead atoms. The number of hydrogen-bond acceptors (Lipinski definition) is 4. The average molecular weight is 363 g/mol. The second kappa shape index (κ2) is 6.68. The molecule has 0 spiro atoms. The van der Waals surface area contributed by atoms with E-state index >= 15 is 0 Å². The lowest BCUT2D eigenvalue weighted by Crippen LogP contribution is -2.47. The summed E-state index contributed by atoms with van der Waals surface area (Å²) in [6, 6.07) is 7.75. The van der Waals surface area contributed by atoms with Gasteiger partial charge in [-0.05, 0) is 37.1 Å². The highest BCUT2D eigenvalue weighted by atomic mass is 16.2. The number of rotatable bonds is 3. The number of carbonyl (C=O) groups excluding carboxylic acids is 1. The fourth-order valence-corrected chi connectivity index (χ4v) is 3.94. The van der Waals surface area contributed by atoms with Crippen molar-refractivity contribution in [2.45, 2.75) is 25.2 Å². The molecule has 1 atom stereocenters. The van der Waals surface area contributed by atoms with Crippen molar-refractivity contribution < 1.29 is 4.79 Å². The molecular formula is C21H25N5O. The topological polar surface area (TPSA) is 53.7 Å². The molecule has 1 amide bonds. The monoisotopic (exact) mass is 363 g/mol. The first kappa shape index (κ1) is 17.5. The Morgan fingerprint density at radius 1 is 1.26 bits per heavy atom. The second-order valence-electron chi connectivity index (χ2n) is 7.78. The van der Waals surface area contributed by atoms with Crippen molar-refractivity contribution in [1.29, 1.82) is 0 Å². The van der Waals surface area contributed by atoms with E-state index in [-0.39, 0.29) is 11.3 Å². The first-order valence-electron chi connectivity index (χ1n) is 9.33. The molecule has 140 valence electrons. The summed E-state index contributed by atoms with van der Waals surface area (Å²) < 4.78 is 2.13. The van der Waals surface area contributed by atoms with E-state index in [1.807, 2.05) is 36.0 Å². The molecule has 27 heavy (non-hydrogen) atoms. The molecule has 0 aliphatic carbocycles. The highest BCUT2D eigenvalue weighted by Crippen LogP contribution is 2.35. The zero-order chi connectivity index (χ0) is 19.0. The van der Waals surface area contributed by atoms with Gasteiger partial charge in [0.05, 0.1) is 16.8 Å². The van der Waals surface area contributed by atoms with Gasteiger partial charge in [-0.1, -0.05) is 6.92 Å². The fraction of sp³-hybridized carbons (Fsp3) is 0.381. The van der Waals surface area contributed by atoms with Crippen molar-refractivity contribution in [2.75, 3.05) is 32.1 Å². The predicted molar refractivity (Wildman–Crippen MR) is 106 cm³/mol. The quantitative estimate of drug-likeness (QED) is 0.718. The number of nitrogens with zero attached hydrogens (tertiary/aromatic N) is 5. The number of hydrogen-bond donors (Lipinski definition) is 0. The lowest BCUT2D eigenvalue weighted by Gasteiger charge is -2.40. The summed E-state index contributed by atoms with van der Waals surface area (Å²) in [6.45, 7) is 3.65. The van der Waals surface area contributed by atoms with Crippen LogP contribution in [0.25, 0.3) is 5.52 Å². The van der Waals surface area contributed by atoms with Crippen molar-refractivity contribution in [2.24, 2.45) is 0 Å². The van der Waals surface area contributed by atoms with Gasteiger partial charge in [-0.3, -0.25) is 9.78 Å². The zero-order valence-electron chi connectivity index (χ0n) is 16.1. The van der Waals surface area contributed by atoms with Gasteiger partial charge in [-0.2, -0.15) is 0 Å². The Labute approximate surface area is 159 Å². The molecule has 1 saturated heterocycles. The molecule has 1 unspecified atom stereocenters. The normalized spacial score (nSPS) is 20.0. The molecule has 1 aliphatic rings. The summed E-state index contributed by atoms with van der Waals surface area (Å²) in [5.74, 6) is 0.998. The van der Waals surface area contributed by atoms with Crippen LogP contribution < -0.4 is 4.90 Å². The minimum atomic E-state index is -0.181. The van der Waals surface area contributed by atoms with Gasteiger partial charge in [0.1, 0.15) is 0 Å². The van der Waals surface area contributed by atoms with E-state index in [4.69, 9.17) is 4.98 Å². The van der Waals surface area contributed by atoms with Crippen molar-refractivity contribution >= 4 is 17.2 Å². The van der Waals surface area contributed by atoms with Gasteiger partial charge in [-0.15, -0.1) is 0 Å². The number of aromatic nitrogens is 3. The summed E-state index contributed by atoms with van der Waals surface area (Å²) in [4.78, 5) is 26.0. The standard InChI is InChI=1S/C21H25N5O/c1-21(18-14-25-11-5-8-17(25)19(23-18)24(2)3)9-6-12-26(15-21)20(27)16-7-4-10-22-13-16/h4-5,7-8,10-11,13-14H,6,9,12,15H2,1-3H3. The number of anilines is 1. The molecule has 4 heterocycles. The lowest BCUT2D eigenvalue weighted by molar-refractivity contribution is 0.0647. The van der Waals surface area contributed by atoms with Crippen LogP contribution in [0.5, 0.6) is 0 Å². The maximum Gasteiger partial charge on any atom is 0.255 e. The highest BCUT2D eigenvalue weighted by molar-refractivity contribution is 5.94. The first-order chi connectivity index (χ1) is 13.0. The third kappa shape index (κ3) is 3.16. The molecule has 1 aliphatic heterocycles. The molecule has 0 saturated carbocycles. The van der Waals surface area contributed by atoms with E-state index in [1.165, 1.54) is 0 Å². The molecule has 3 aromatic heterocycles. The Hall–Kier alpha value is -2.89. The summed E-state index contributed by atoms with van der Waals surface area (Å²) in [6.07, 6.45) is 9.47. The van der Waals surface area contributed by atoms with Crippen LogP contribution in [0.15, 0.2) is 49.1 Å². The summed E-state index contributed by atoms with van der Waals surface area (Å²) in [5, 5.41) is 0. The molecule has 6 nitrogen and oxygen atoms in total. The van der Waals surface area contributed by atoms with Gasteiger partial charge in [0.15, 0.2) is 5.82 Å². The lowest BCUT2D eigenvalue weighted by atomic mass is 9.79. The summed E-state index contributed by atoms with van der Waals surface area (Å²) in [7, 11) is 4.03. The third-order valence-corrected chi connectivity index (χ3v) is 5.43. The Bertz CT molecular complexity index is 965. The second-order valence-corrected chi connectivity index (χ2v) is 7.78. The molecule has 3 aromatic rings. The van der Waals surface area contributed by atoms with E-state index < -0.39 is 0 Å². The summed E-state index contributed by atoms with van der Waals surface area (Å²) in [5.41, 5.74) is 2.58. The Morgan fingerprint density at radius 2 is 2.11 bits per heavy atom. The smallest absolute Gasteiger partial charge is 0.255 e. The van der Waals surface area contributed by atoms with Gasteiger partial charge in [0.25, 0.3) is 5.91 Å². The maximum atomic E-state index is 12.9. The number of amides is 1. The van der Waals surface area contributed by atoms with Gasteiger partial charge in [-0.25, -0.2) is 4.98 Å². The van der Waals surface area contributed by atoms with E-state index in [0.717, 1.165) is 36.4 Å². The minimum Gasteiger partial charge on any atom is -0.361 e. The first-order valence-corrected chi connectivity index (χ1v) is 9.33. The van der Waals surface area contributed by atoms with Crippen LogP contribution >= 0.6 is 0 Å². The third-order valence-electron chi connectivity index (χ3n) is 5.43. The van der Waals surface area contributed by atoms with Crippen molar-refractivity contribution in [1.82, 2.24) is 19.3 Å². The van der Waals surface area contributed by atoms with E-state index in [2.05, 4.69) is 34.8 Å². The molecular weight excluding hydrogens is 338 g/mol. The van der Waals surface area contributed by atoms with Crippen molar-refractivity contribution in [3.63, 3.8) is 0 Å². The molecule has 1 fully saturated rings. The van der Waals surface area contributed by atoms with E-state index in [9.17, 15) is 4.79 Å². The fourth-order valence-electron chi connectivity index (χ4n) is 3.94. The van der Waals surface area contributed by atoms with Crippen LogP contribution in [-0.4, -0.2) is 52.4 Å². The number of fused-ring (bicyclic) bond motifs is 1. The number of piperidine rings is 1. The predicted octanol–water partition coefficient (Wildman–Crippen LogP) is 2.99. The van der Waals surface area contributed by atoms with Crippen LogP contribution in [-0.2, 0) is 5.41 Å². The number of pyridine rings is 1. The van der Waals surface area contributed by atoms with Gasteiger partial charge >= 0.3 is 0 Å². The van der Waals surface area contributed by atoms with E-state index in [1.54, 1.807) is 18.5 Å². The van der Waals surface area contributed by atoms with Crippen LogP contribution in [0.4, 0.5) is 5.82 Å².